The average molecular weight is 145 g/mol. The molecule has 0 amide bonds. The lowest BCUT2D eigenvalue weighted by molar-refractivity contribution is 0.392. The molecule has 1 rings (SSSR count). The third-order valence-electron chi connectivity index (χ3n) is 1.39. The normalized spacial score (nSPS) is 8.78. The van der Waals surface area contributed by atoms with Crippen LogP contribution in [0.2, 0.25) is 0 Å². The molecule has 52 valence electrons. The molecule has 1 aromatic rings. The van der Waals surface area contributed by atoms with Gasteiger partial charge in [-0.3, -0.25) is 0 Å². The second-order valence-corrected chi connectivity index (χ2v) is 1.95. The summed E-state index contributed by atoms with van der Waals surface area (Å²) in [6, 6.07) is 0. The maximum Gasteiger partial charge on any atom is 0.136 e. The van der Waals surface area contributed by atoms with E-state index in [0.717, 1.165) is 17.0 Å². The molecular formula is C6H11NOS. The highest BCUT2D eigenvalue weighted by Gasteiger charge is 1.99. The summed E-state index contributed by atoms with van der Waals surface area (Å²) in [6.45, 7) is 5.85. The molecule has 0 spiro atoms. The van der Waals surface area contributed by atoms with Crippen LogP contribution < -0.4 is 0 Å². The fourth-order valence-corrected chi connectivity index (χ4v) is 0.529. The van der Waals surface area contributed by atoms with Crippen LogP contribution in [0.3, 0.4) is 0 Å². The van der Waals surface area contributed by atoms with E-state index in [0.29, 0.717) is 0 Å². The molecule has 0 fully saturated rings. The SMILES string of the molecule is Cc1noc(C)c1C.S. The second kappa shape index (κ2) is 2.92. The minimum absolute atomic E-state index is 0. The van der Waals surface area contributed by atoms with Gasteiger partial charge in [-0.2, -0.15) is 13.5 Å². The maximum absolute atomic E-state index is 4.84. The zero-order valence-corrected chi connectivity index (χ0v) is 6.86. The molecule has 0 bridgehead atoms. The van der Waals surface area contributed by atoms with E-state index in [1.807, 2.05) is 20.8 Å². The van der Waals surface area contributed by atoms with Gasteiger partial charge >= 0.3 is 0 Å². The molecule has 0 unspecified atom stereocenters. The van der Waals surface area contributed by atoms with Gasteiger partial charge in [-0.1, -0.05) is 5.16 Å². The lowest BCUT2D eigenvalue weighted by Gasteiger charge is -1.80. The van der Waals surface area contributed by atoms with Crippen LogP contribution in [0.1, 0.15) is 17.0 Å². The molecule has 0 atom stereocenters. The van der Waals surface area contributed by atoms with Crippen LogP contribution in [0.4, 0.5) is 0 Å². The zero-order valence-electron chi connectivity index (χ0n) is 5.86. The lowest BCUT2D eigenvalue weighted by atomic mass is 10.2. The van der Waals surface area contributed by atoms with E-state index in [9.17, 15) is 0 Å². The molecule has 9 heavy (non-hydrogen) atoms. The van der Waals surface area contributed by atoms with Gasteiger partial charge in [-0.05, 0) is 20.8 Å². The Morgan fingerprint density at radius 3 is 1.89 bits per heavy atom. The Morgan fingerprint density at radius 1 is 1.22 bits per heavy atom. The van der Waals surface area contributed by atoms with Gasteiger partial charge in [-0.25, -0.2) is 0 Å². The first kappa shape index (κ1) is 8.56. The summed E-state index contributed by atoms with van der Waals surface area (Å²) in [6.07, 6.45) is 0. The second-order valence-electron chi connectivity index (χ2n) is 1.95. The third kappa shape index (κ3) is 1.48. The predicted molar refractivity (Wildman–Crippen MR) is 41.1 cm³/mol. The summed E-state index contributed by atoms with van der Waals surface area (Å²) >= 11 is 0. The van der Waals surface area contributed by atoms with E-state index in [1.165, 1.54) is 0 Å². The molecule has 0 aliphatic rings. The Morgan fingerprint density at radius 2 is 1.78 bits per heavy atom. The Kier molecular flexibility index (Phi) is 2.77. The van der Waals surface area contributed by atoms with Gasteiger partial charge in [0.25, 0.3) is 0 Å². The molecular weight excluding hydrogens is 134 g/mol. The van der Waals surface area contributed by atoms with Crippen molar-refractivity contribution in [3.63, 3.8) is 0 Å². The summed E-state index contributed by atoms with van der Waals surface area (Å²) in [7, 11) is 0. The molecule has 0 saturated carbocycles. The molecule has 1 heterocycles. The first-order chi connectivity index (χ1) is 3.72. The highest BCUT2D eigenvalue weighted by atomic mass is 32.1. The minimum atomic E-state index is 0. The van der Waals surface area contributed by atoms with E-state index in [-0.39, 0.29) is 13.5 Å². The molecule has 0 N–H and O–H groups in total. The lowest BCUT2D eigenvalue weighted by Crippen LogP contribution is -1.73. The third-order valence-corrected chi connectivity index (χ3v) is 1.39. The van der Waals surface area contributed by atoms with Crippen LogP contribution in [0.25, 0.3) is 0 Å². The quantitative estimate of drug-likeness (QED) is 0.555. The van der Waals surface area contributed by atoms with Crippen LogP contribution in [0, 0.1) is 20.8 Å². The fourth-order valence-electron chi connectivity index (χ4n) is 0.529. The van der Waals surface area contributed by atoms with Crippen LogP contribution >= 0.6 is 13.5 Å². The van der Waals surface area contributed by atoms with Crippen LogP contribution in [0.15, 0.2) is 4.52 Å². The number of aryl methyl sites for hydroxylation is 2. The number of aromatic nitrogens is 1. The van der Waals surface area contributed by atoms with E-state index < -0.39 is 0 Å². The van der Waals surface area contributed by atoms with Gasteiger partial charge in [0.1, 0.15) is 5.76 Å². The van der Waals surface area contributed by atoms with Gasteiger partial charge in [-0.15, -0.1) is 0 Å². The summed E-state index contributed by atoms with van der Waals surface area (Å²) in [5.74, 6) is 0.919. The number of nitrogens with zero attached hydrogens (tertiary/aromatic N) is 1. The average Bonchev–Trinajstić information content (AvgIpc) is 1.98. The van der Waals surface area contributed by atoms with E-state index in [2.05, 4.69) is 5.16 Å². The molecule has 0 aromatic carbocycles. The summed E-state index contributed by atoms with van der Waals surface area (Å²) < 4.78 is 4.84. The Hall–Kier alpha value is -0.440. The van der Waals surface area contributed by atoms with Crippen molar-refractivity contribution in [2.75, 3.05) is 0 Å². The van der Waals surface area contributed by atoms with Crippen molar-refractivity contribution >= 4 is 13.5 Å². The minimum Gasteiger partial charge on any atom is -0.361 e. The topological polar surface area (TPSA) is 26.0 Å². The standard InChI is InChI=1S/C6H9NO.H2S/c1-4-5(2)7-8-6(4)3;/h1-3H3;1H2. The number of rotatable bonds is 0. The van der Waals surface area contributed by atoms with Crippen molar-refractivity contribution in [3.05, 3.63) is 17.0 Å². The largest absolute Gasteiger partial charge is 0.361 e. The Balaban J connectivity index is 0.000000640. The number of hydrogen-bond acceptors (Lipinski definition) is 2. The highest BCUT2D eigenvalue weighted by Crippen LogP contribution is 2.08. The van der Waals surface area contributed by atoms with E-state index >= 15 is 0 Å². The summed E-state index contributed by atoms with van der Waals surface area (Å²) in [4.78, 5) is 0. The predicted octanol–water partition coefficient (Wildman–Crippen LogP) is 1.71. The summed E-state index contributed by atoms with van der Waals surface area (Å²) in [5.41, 5.74) is 2.15. The Bertz CT molecular complexity index is 175. The fraction of sp³-hybridized carbons (Fsp3) is 0.500. The first-order valence-corrected chi connectivity index (χ1v) is 2.61. The van der Waals surface area contributed by atoms with Crippen molar-refractivity contribution in [1.82, 2.24) is 5.16 Å². The molecule has 0 aliphatic carbocycles. The van der Waals surface area contributed by atoms with E-state index in [1.54, 1.807) is 0 Å². The molecule has 0 radical (unpaired) electrons. The molecule has 1 aromatic heterocycles. The van der Waals surface area contributed by atoms with Crippen molar-refractivity contribution < 1.29 is 4.52 Å². The van der Waals surface area contributed by atoms with Crippen molar-refractivity contribution in [1.29, 1.82) is 0 Å². The zero-order chi connectivity index (χ0) is 6.15. The van der Waals surface area contributed by atoms with Crippen molar-refractivity contribution in [2.45, 2.75) is 20.8 Å². The van der Waals surface area contributed by atoms with Gasteiger partial charge < -0.3 is 4.52 Å². The Labute approximate surface area is 61.7 Å². The van der Waals surface area contributed by atoms with Crippen LogP contribution in [-0.2, 0) is 0 Å². The monoisotopic (exact) mass is 145 g/mol. The molecule has 2 nitrogen and oxygen atoms in total. The van der Waals surface area contributed by atoms with Gasteiger partial charge in [0.15, 0.2) is 0 Å². The molecule has 0 saturated heterocycles. The first-order valence-electron chi connectivity index (χ1n) is 2.61. The van der Waals surface area contributed by atoms with Gasteiger partial charge in [0.05, 0.1) is 5.69 Å². The number of hydrogen-bond donors (Lipinski definition) is 0. The highest BCUT2D eigenvalue weighted by molar-refractivity contribution is 7.59. The maximum atomic E-state index is 4.84. The van der Waals surface area contributed by atoms with Crippen molar-refractivity contribution in [2.24, 2.45) is 0 Å². The van der Waals surface area contributed by atoms with Gasteiger partial charge in [0.2, 0.25) is 0 Å². The van der Waals surface area contributed by atoms with E-state index in [4.69, 9.17) is 4.52 Å². The molecule has 0 aliphatic heterocycles. The van der Waals surface area contributed by atoms with Crippen LogP contribution in [0.5, 0.6) is 0 Å². The van der Waals surface area contributed by atoms with Crippen molar-refractivity contribution in [3.8, 4) is 0 Å². The molecule has 3 heteroatoms. The van der Waals surface area contributed by atoms with Gasteiger partial charge in [0, 0.05) is 5.56 Å². The van der Waals surface area contributed by atoms with Crippen LogP contribution in [-0.4, -0.2) is 5.16 Å². The summed E-state index contributed by atoms with van der Waals surface area (Å²) in [5, 5.41) is 3.74. The smallest absolute Gasteiger partial charge is 0.136 e.